The van der Waals surface area contributed by atoms with Crippen LogP contribution in [0.25, 0.3) is 11.3 Å². The lowest BCUT2D eigenvalue weighted by Crippen LogP contribution is -2.38. The highest BCUT2D eigenvalue weighted by molar-refractivity contribution is 7.92. The summed E-state index contributed by atoms with van der Waals surface area (Å²) in [6.07, 6.45) is 3.14. The highest BCUT2D eigenvalue weighted by Crippen LogP contribution is 2.54. The summed E-state index contributed by atoms with van der Waals surface area (Å²) in [7, 11) is -4.16. The molecule has 1 fully saturated rings. The average molecular weight is 405 g/mol. The van der Waals surface area contributed by atoms with Crippen molar-refractivity contribution in [2.75, 3.05) is 4.31 Å². The summed E-state index contributed by atoms with van der Waals surface area (Å²) >= 11 is 0. The van der Waals surface area contributed by atoms with Gasteiger partial charge in [-0.25, -0.2) is 21.6 Å². The third-order valence-electron chi connectivity index (χ3n) is 5.22. The third-order valence-corrected chi connectivity index (χ3v) is 7.03. The number of benzene rings is 2. The van der Waals surface area contributed by atoms with Gasteiger partial charge in [-0.1, -0.05) is 0 Å². The summed E-state index contributed by atoms with van der Waals surface area (Å²) in [5.41, 5.74) is 1.36. The molecule has 1 saturated carbocycles. The molecule has 2 aliphatic rings. The molecule has 0 radical (unpaired) electrons. The van der Waals surface area contributed by atoms with E-state index < -0.39 is 33.5 Å². The maximum atomic E-state index is 14.1. The van der Waals surface area contributed by atoms with Gasteiger partial charge in [0.25, 0.3) is 10.0 Å². The van der Waals surface area contributed by atoms with Gasteiger partial charge in [0.2, 0.25) is 0 Å². The van der Waals surface area contributed by atoms with Crippen molar-refractivity contribution in [3.63, 3.8) is 0 Å². The van der Waals surface area contributed by atoms with Crippen molar-refractivity contribution in [3.05, 3.63) is 65.6 Å². The highest BCUT2D eigenvalue weighted by Gasteiger charge is 2.47. The van der Waals surface area contributed by atoms with Crippen LogP contribution in [0.1, 0.15) is 24.4 Å². The van der Waals surface area contributed by atoms with Gasteiger partial charge in [0.15, 0.2) is 11.6 Å². The van der Waals surface area contributed by atoms with E-state index in [0.717, 1.165) is 41.4 Å². The van der Waals surface area contributed by atoms with Crippen molar-refractivity contribution in [1.29, 1.82) is 0 Å². The quantitative estimate of drug-likeness (QED) is 0.712. The fourth-order valence-corrected chi connectivity index (χ4v) is 5.49. The van der Waals surface area contributed by atoms with Crippen LogP contribution in [0.15, 0.2) is 47.5 Å². The lowest BCUT2D eigenvalue weighted by atomic mass is 9.93. The molecule has 1 aliphatic heterocycles. The summed E-state index contributed by atoms with van der Waals surface area (Å²) < 4.78 is 69.5. The number of nitrogens with zero attached hydrogens (tertiary/aromatic N) is 2. The fourth-order valence-electron chi connectivity index (χ4n) is 3.79. The average Bonchev–Trinajstić information content (AvgIpc) is 3.38. The molecule has 2 heterocycles. The van der Waals surface area contributed by atoms with Gasteiger partial charge in [-0.3, -0.25) is 9.40 Å². The number of H-pyrrole nitrogens is 1. The second-order valence-electron chi connectivity index (χ2n) is 7.02. The van der Waals surface area contributed by atoms with E-state index in [4.69, 9.17) is 0 Å². The summed E-state index contributed by atoms with van der Waals surface area (Å²) in [5, 5.41) is 6.79. The van der Waals surface area contributed by atoms with E-state index in [9.17, 15) is 21.6 Å². The van der Waals surface area contributed by atoms with Crippen molar-refractivity contribution in [2.45, 2.75) is 23.8 Å². The van der Waals surface area contributed by atoms with E-state index in [-0.39, 0.29) is 22.1 Å². The monoisotopic (exact) mass is 405 g/mol. The number of sulfonamides is 1. The number of anilines is 1. The molecule has 0 spiro atoms. The fraction of sp³-hybridized carbons (Fsp3) is 0.211. The number of nitrogens with one attached hydrogen (secondary N) is 1. The lowest BCUT2D eigenvalue weighted by molar-refractivity contribution is 0.506. The minimum atomic E-state index is -4.16. The van der Waals surface area contributed by atoms with Gasteiger partial charge < -0.3 is 0 Å². The summed E-state index contributed by atoms with van der Waals surface area (Å²) in [6, 6.07) is 5.71. The van der Waals surface area contributed by atoms with E-state index in [0.29, 0.717) is 11.3 Å². The van der Waals surface area contributed by atoms with Crippen LogP contribution in [0.5, 0.6) is 0 Å². The van der Waals surface area contributed by atoms with Crippen LogP contribution in [-0.2, 0) is 10.0 Å². The minimum Gasteiger partial charge on any atom is -0.277 e. The molecule has 5 rings (SSSR count). The second kappa shape index (κ2) is 5.84. The lowest BCUT2D eigenvalue weighted by Gasteiger charge is -2.37. The summed E-state index contributed by atoms with van der Waals surface area (Å²) in [6.45, 7) is 0. The molecule has 1 unspecified atom stereocenters. The Kier molecular flexibility index (Phi) is 3.61. The van der Waals surface area contributed by atoms with E-state index in [2.05, 4.69) is 10.2 Å². The van der Waals surface area contributed by atoms with Crippen molar-refractivity contribution in [2.24, 2.45) is 5.92 Å². The van der Waals surface area contributed by atoms with Gasteiger partial charge in [0.1, 0.15) is 5.82 Å². The molecule has 1 N–H and O–H groups in total. The molecule has 0 saturated heterocycles. The number of rotatable bonds is 3. The molecule has 2 aromatic carbocycles. The van der Waals surface area contributed by atoms with Crippen LogP contribution >= 0.6 is 0 Å². The summed E-state index contributed by atoms with van der Waals surface area (Å²) in [4.78, 5) is -0.123. The second-order valence-corrected chi connectivity index (χ2v) is 8.84. The van der Waals surface area contributed by atoms with Crippen LogP contribution in [0, 0.1) is 23.4 Å². The Hall–Kier alpha value is -2.81. The van der Waals surface area contributed by atoms with Gasteiger partial charge in [-0.2, -0.15) is 5.10 Å². The Balaban J connectivity index is 1.78. The Bertz CT molecular complexity index is 1190. The van der Waals surface area contributed by atoms with E-state index >= 15 is 0 Å². The molecule has 28 heavy (non-hydrogen) atoms. The van der Waals surface area contributed by atoms with Crippen LogP contribution in [0.3, 0.4) is 0 Å². The molecular formula is C19H14F3N3O2S. The third kappa shape index (κ3) is 2.46. The first kappa shape index (κ1) is 17.3. The zero-order chi connectivity index (χ0) is 19.6. The molecule has 1 atom stereocenters. The number of fused-ring (bicyclic) bond motifs is 3. The molecule has 144 valence electrons. The SMILES string of the molecule is O=S(=O)(c1ccc(F)cc1)N1c2cc(F)c(F)cc2-c2[nH]ncc2C1C1CC1. The number of hydrogen-bond donors (Lipinski definition) is 1. The van der Waals surface area contributed by atoms with Crippen LogP contribution in [-0.4, -0.2) is 18.6 Å². The topological polar surface area (TPSA) is 66.1 Å². The molecule has 0 bridgehead atoms. The summed E-state index contributed by atoms with van der Waals surface area (Å²) in [5.74, 6) is -2.76. The highest BCUT2D eigenvalue weighted by atomic mass is 32.2. The smallest absolute Gasteiger partial charge is 0.264 e. The standard InChI is InChI=1S/C19H14F3N3O2S/c20-11-3-5-12(6-4-11)28(26,27)25-17-8-16(22)15(21)7-13(17)18-14(9-23-24-18)19(25)10-1-2-10/h3-10,19H,1-2H2,(H,23,24). The van der Waals surface area contributed by atoms with E-state index in [1.807, 2.05) is 0 Å². The van der Waals surface area contributed by atoms with Crippen molar-refractivity contribution in [1.82, 2.24) is 10.2 Å². The molecule has 0 amide bonds. The van der Waals surface area contributed by atoms with Crippen LogP contribution < -0.4 is 4.31 Å². The van der Waals surface area contributed by atoms with Crippen LogP contribution in [0.2, 0.25) is 0 Å². The first-order valence-electron chi connectivity index (χ1n) is 8.70. The Labute approximate surface area is 158 Å². The van der Waals surface area contributed by atoms with Gasteiger partial charge in [0, 0.05) is 17.2 Å². The minimum absolute atomic E-state index is 0.0350. The van der Waals surface area contributed by atoms with Crippen LogP contribution in [0.4, 0.5) is 18.9 Å². The molecule has 1 aliphatic carbocycles. The van der Waals surface area contributed by atoms with Gasteiger partial charge in [0.05, 0.1) is 28.5 Å². The molecule has 1 aromatic heterocycles. The Morgan fingerprint density at radius 3 is 2.39 bits per heavy atom. The van der Waals surface area contributed by atoms with E-state index in [1.165, 1.54) is 18.3 Å². The number of halogens is 3. The van der Waals surface area contributed by atoms with Gasteiger partial charge >= 0.3 is 0 Å². The zero-order valence-corrected chi connectivity index (χ0v) is 15.2. The maximum Gasteiger partial charge on any atom is 0.264 e. The number of aromatic nitrogens is 2. The largest absolute Gasteiger partial charge is 0.277 e. The van der Waals surface area contributed by atoms with E-state index in [1.54, 1.807) is 0 Å². The zero-order valence-electron chi connectivity index (χ0n) is 14.4. The molecular weight excluding hydrogens is 391 g/mol. The molecule has 9 heteroatoms. The normalized spacial score (nSPS) is 18.7. The first-order valence-corrected chi connectivity index (χ1v) is 10.1. The van der Waals surface area contributed by atoms with Crippen molar-refractivity contribution >= 4 is 15.7 Å². The maximum absolute atomic E-state index is 14.1. The van der Waals surface area contributed by atoms with Gasteiger partial charge in [-0.05, 0) is 49.1 Å². The number of aromatic amines is 1. The van der Waals surface area contributed by atoms with Gasteiger partial charge in [-0.15, -0.1) is 0 Å². The molecule has 3 aromatic rings. The number of hydrogen-bond acceptors (Lipinski definition) is 3. The predicted molar refractivity (Wildman–Crippen MR) is 95.5 cm³/mol. The Morgan fingerprint density at radius 1 is 1.04 bits per heavy atom. The Morgan fingerprint density at radius 2 is 1.71 bits per heavy atom. The predicted octanol–water partition coefficient (Wildman–Crippen LogP) is 4.15. The van der Waals surface area contributed by atoms with Crippen molar-refractivity contribution < 1.29 is 21.6 Å². The van der Waals surface area contributed by atoms with Crippen molar-refractivity contribution in [3.8, 4) is 11.3 Å². The first-order chi connectivity index (χ1) is 13.4. The molecule has 5 nitrogen and oxygen atoms in total.